The number of benzene rings is 2. The maximum Gasteiger partial charge on any atom is 0.337 e. The van der Waals surface area contributed by atoms with E-state index in [4.69, 9.17) is 4.74 Å². The van der Waals surface area contributed by atoms with Gasteiger partial charge in [0.2, 0.25) is 0 Å². The molecule has 0 aromatic heterocycles. The van der Waals surface area contributed by atoms with Gasteiger partial charge in [-0.25, -0.2) is 14.0 Å². The second kappa shape index (κ2) is 9.38. The van der Waals surface area contributed by atoms with Crippen LogP contribution < -0.4 is 5.32 Å². The summed E-state index contributed by atoms with van der Waals surface area (Å²) >= 11 is 0. The maximum absolute atomic E-state index is 13.0. The smallest absolute Gasteiger partial charge is 0.337 e. The highest BCUT2D eigenvalue weighted by molar-refractivity contribution is 6.00. The van der Waals surface area contributed by atoms with Gasteiger partial charge in [0.15, 0.2) is 6.61 Å². The van der Waals surface area contributed by atoms with Crippen LogP contribution in [0.5, 0.6) is 0 Å². The minimum atomic E-state index is -0.701. The fourth-order valence-corrected chi connectivity index (χ4v) is 3.15. The van der Waals surface area contributed by atoms with Gasteiger partial charge in [-0.1, -0.05) is 12.1 Å². The van der Waals surface area contributed by atoms with Gasteiger partial charge in [0.1, 0.15) is 5.82 Å². The molecule has 0 heterocycles. The Morgan fingerprint density at radius 1 is 0.968 bits per heavy atom. The average Bonchev–Trinajstić information content (AvgIpc) is 3.57. The molecule has 31 heavy (non-hydrogen) atoms. The monoisotopic (exact) mass is 429 g/mol. The third-order valence-corrected chi connectivity index (χ3v) is 4.80. The number of carbonyl (C=O) groups is 4. The van der Waals surface area contributed by atoms with E-state index < -0.39 is 30.4 Å². The largest absolute Gasteiger partial charge is 0.465 e. The molecule has 0 aliphatic heterocycles. The van der Waals surface area contributed by atoms with E-state index in [2.05, 4.69) is 14.8 Å². The van der Waals surface area contributed by atoms with E-state index in [0.717, 1.165) is 5.56 Å². The van der Waals surface area contributed by atoms with Crippen LogP contribution in [0.3, 0.4) is 0 Å². The van der Waals surface area contributed by atoms with Crippen molar-refractivity contribution >= 4 is 29.5 Å². The van der Waals surface area contributed by atoms with Gasteiger partial charge < -0.3 is 19.5 Å². The van der Waals surface area contributed by atoms with Crippen LogP contribution in [0.1, 0.15) is 38.6 Å². The highest BCUT2D eigenvalue weighted by Crippen LogP contribution is 2.48. The summed E-state index contributed by atoms with van der Waals surface area (Å²) in [5.74, 6) is -3.37. The van der Waals surface area contributed by atoms with Crippen LogP contribution in [0, 0.1) is 11.7 Å². The predicted octanol–water partition coefficient (Wildman–Crippen LogP) is 2.68. The summed E-state index contributed by atoms with van der Waals surface area (Å²) in [5, 5.41) is 2.47. The van der Waals surface area contributed by atoms with E-state index in [9.17, 15) is 23.6 Å². The molecule has 0 spiro atoms. The van der Waals surface area contributed by atoms with E-state index in [1.807, 2.05) is 0 Å². The van der Waals surface area contributed by atoms with Gasteiger partial charge in [0.05, 0.1) is 31.3 Å². The van der Waals surface area contributed by atoms with Gasteiger partial charge in [0, 0.05) is 5.69 Å². The predicted molar refractivity (Wildman–Crippen MR) is 106 cm³/mol. The molecule has 2 aromatic rings. The van der Waals surface area contributed by atoms with Crippen molar-refractivity contribution in [1.29, 1.82) is 0 Å². The summed E-state index contributed by atoms with van der Waals surface area (Å²) < 4.78 is 27.3. The molecule has 1 saturated carbocycles. The van der Waals surface area contributed by atoms with Crippen molar-refractivity contribution in [2.24, 2.45) is 5.92 Å². The molecular formula is C22H20FNO7. The molecule has 0 bridgehead atoms. The minimum absolute atomic E-state index is 0.0396. The zero-order valence-electron chi connectivity index (χ0n) is 16.8. The van der Waals surface area contributed by atoms with Crippen molar-refractivity contribution in [3.05, 3.63) is 65.0 Å². The van der Waals surface area contributed by atoms with Gasteiger partial charge in [0.25, 0.3) is 5.91 Å². The first kappa shape index (κ1) is 21.9. The summed E-state index contributed by atoms with van der Waals surface area (Å²) in [5.41, 5.74) is 1.05. The molecule has 2 atom stereocenters. The highest BCUT2D eigenvalue weighted by Gasteiger charge is 2.45. The number of hydrogen-bond acceptors (Lipinski definition) is 7. The molecule has 0 saturated heterocycles. The number of amides is 1. The van der Waals surface area contributed by atoms with Gasteiger partial charge in [-0.3, -0.25) is 9.59 Å². The quantitative estimate of drug-likeness (QED) is 0.533. The van der Waals surface area contributed by atoms with Crippen LogP contribution in [0.25, 0.3) is 0 Å². The topological polar surface area (TPSA) is 108 Å². The standard InChI is InChI=1S/C22H20FNO7/c1-29-20(26)13-7-14(21(27)30-2)9-16(8-13)24-19(25)11-31-22(28)18-10-17(18)12-3-5-15(23)6-4-12/h3-9,17-18H,10-11H2,1-2H3,(H,24,25). The van der Waals surface area contributed by atoms with Crippen LogP contribution in [0.2, 0.25) is 0 Å². The number of hydrogen-bond donors (Lipinski definition) is 1. The Kier molecular flexibility index (Phi) is 6.64. The van der Waals surface area contributed by atoms with Crippen LogP contribution in [0.15, 0.2) is 42.5 Å². The van der Waals surface area contributed by atoms with E-state index in [-0.39, 0.29) is 34.5 Å². The Morgan fingerprint density at radius 2 is 1.55 bits per heavy atom. The van der Waals surface area contributed by atoms with E-state index >= 15 is 0 Å². The lowest BCUT2D eigenvalue weighted by Gasteiger charge is -2.10. The Morgan fingerprint density at radius 3 is 2.10 bits per heavy atom. The lowest BCUT2D eigenvalue weighted by molar-refractivity contribution is -0.148. The molecule has 2 aromatic carbocycles. The first-order valence-corrected chi connectivity index (χ1v) is 9.36. The van der Waals surface area contributed by atoms with Crippen molar-refractivity contribution in [3.8, 4) is 0 Å². The first-order chi connectivity index (χ1) is 14.8. The SMILES string of the molecule is COC(=O)c1cc(NC(=O)COC(=O)C2CC2c2ccc(F)cc2)cc(C(=O)OC)c1. The molecule has 2 unspecified atom stereocenters. The fourth-order valence-electron chi connectivity index (χ4n) is 3.15. The number of esters is 3. The second-order valence-corrected chi connectivity index (χ2v) is 6.94. The number of halogens is 1. The summed E-state index contributed by atoms with van der Waals surface area (Å²) in [7, 11) is 2.36. The highest BCUT2D eigenvalue weighted by atomic mass is 19.1. The Hall–Kier alpha value is -3.75. The van der Waals surface area contributed by atoms with E-state index in [1.165, 1.54) is 44.6 Å². The van der Waals surface area contributed by atoms with Crippen molar-refractivity contribution in [1.82, 2.24) is 0 Å². The molecule has 1 N–H and O–H groups in total. The molecule has 8 nitrogen and oxygen atoms in total. The molecule has 9 heteroatoms. The van der Waals surface area contributed by atoms with E-state index in [1.54, 1.807) is 12.1 Å². The van der Waals surface area contributed by atoms with Crippen molar-refractivity contribution in [2.75, 3.05) is 26.1 Å². The molecule has 1 amide bonds. The number of rotatable bonds is 7. The van der Waals surface area contributed by atoms with Crippen LogP contribution in [-0.4, -0.2) is 44.6 Å². The molecule has 1 aliphatic rings. The Bertz CT molecular complexity index is 985. The van der Waals surface area contributed by atoms with Crippen molar-refractivity contribution < 1.29 is 37.8 Å². The fraction of sp³-hybridized carbons (Fsp3) is 0.273. The average molecular weight is 429 g/mol. The van der Waals surface area contributed by atoms with Gasteiger partial charge in [-0.05, 0) is 48.2 Å². The Labute approximate surface area is 177 Å². The normalized spacial score (nSPS) is 16.7. The second-order valence-electron chi connectivity index (χ2n) is 6.94. The third-order valence-electron chi connectivity index (χ3n) is 4.80. The summed E-state index contributed by atoms with van der Waals surface area (Å²) in [4.78, 5) is 48.0. The zero-order valence-corrected chi connectivity index (χ0v) is 16.8. The molecule has 0 radical (unpaired) electrons. The van der Waals surface area contributed by atoms with Crippen LogP contribution in [0.4, 0.5) is 10.1 Å². The number of anilines is 1. The lowest BCUT2D eigenvalue weighted by atomic mass is 10.1. The maximum atomic E-state index is 13.0. The molecule has 1 fully saturated rings. The van der Waals surface area contributed by atoms with Gasteiger partial charge in [-0.15, -0.1) is 0 Å². The van der Waals surface area contributed by atoms with Gasteiger partial charge >= 0.3 is 17.9 Å². The molecule has 1 aliphatic carbocycles. The minimum Gasteiger partial charge on any atom is -0.465 e. The number of nitrogens with one attached hydrogen (secondary N) is 1. The lowest BCUT2D eigenvalue weighted by Crippen LogP contribution is -2.22. The summed E-state index contributed by atoms with van der Waals surface area (Å²) in [6.45, 7) is -0.540. The summed E-state index contributed by atoms with van der Waals surface area (Å²) in [6, 6.07) is 9.81. The van der Waals surface area contributed by atoms with Crippen LogP contribution in [-0.2, 0) is 23.8 Å². The number of ether oxygens (including phenoxy) is 3. The van der Waals surface area contributed by atoms with E-state index in [0.29, 0.717) is 6.42 Å². The third kappa shape index (κ3) is 5.44. The number of methoxy groups -OCH3 is 2. The molecule has 3 rings (SSSR count). The van der Waals surface area contributed by atoms with Gasteiger partial charge in [-0.2, -0.15) is 0 Å². The van der Waals surface area contributed by atoms with Crippen LogP contribution >= 0.6 is 0 Å². The molecular weight excluding hydrogens is 409 g/mol. The number of carbonyl (C=O) groups excluding carboxylic acids is 4. The summed E-state index contributed by atoms with van der Waals surface area (Å²) in [6.07, 6.45) is 0.565. The van der Waals surface area contributed by atoms with Crippen molar-refractivity contribution in [3.63, 3.8) is 0 Å². The Balaban J connectivity index is 1.58. The first-order valence-electron chi connectivity index (χ1n) is 9.36. The van der Waals surface area contributed by atoms with Crippen molar-refractivity contribution in [2.45, 2.75) is 12.3 Å². The molecule has 162 valence electrons. The zero-order chi connectivity index (χ0) is 22.5.